The molecule has 1 aromatic heterocycles. The molecule has 1 rings (SSSR count). The molecule has 0 bridgehead atoms. The molecule has 0 saturated heterocycles. The first-order chi connectivity index (χ1) is 8.07. The Balaban J connectivity index is 2.75. The minimum absolute atomic E-state index is 0.0437. The number of nitrogens with one attached hydrogen (secondary N) is 1. The van der Waals surface area contributed by atoms with Gasteiger partial charge in [0.25, 0.3) is 5.56 Å². The van der Waals surface area contributed by atoms with Crippen LogP contribution in [0.25, 0.3) is 0 Å². The van der Waals surface area contributed by atoms with Gasteiger partial charge in [-0.2, -0.15) is 5.10 Å². The fraction of sp³-hybridized carbons (Fsp3) is 0.636. The Morgan fingerprint density at radius 1 is 1.53 bits per heavy atom. The normalized spacial score (nSPS) is 10.9. The Morgan fingerprint density at radius 2 is 2.24 bits per heavy atom. The van der Waals surface area contributed by atoms with Crippen LogP contribution >= 0.6 is 15.9 Å². The molecule has 0 atom stereocenters. The maximum atomic E-state index is 11.9. The van der Waals surface area contributed by atoms with Gasteiger partial charge in [-0.05, 0) is 42.6 Å². The molecule has 1 heterocycles. The summed E-state index contributed by atoms with van der Waals surface area (Å²) in [5.74, 6) is 0. The van der Waals surface area contributed by atoms with Crippen LogP contribution in [0.3, 0.4) is 0 Å². The number of hydrogen-bond donors (Lipinski definition) is 2. The van der Waals surface area contributed by atoms with Crippen molar-refractivity contribution in [3.05, 3.63) is 21.0 Å². The average molecular weight is 304 g/mol. The fourth-order valence-corrected chi connectivity index (χ4v) is 1.82. The molecule has 0 aromatic carbocycles. The summed E-state index contributed by atoms with van der Waals surface area (Å²) in [6.45, 7) is 4.73. The predicted molar refractivity (Wildman–Crippen MR) is 71.4 cm³/mol. The summed E-state index contributed by atoms with van der Waals surface area (Å²) in [5.41, 5.74) is 0.567. The van der Waals surface area contributed by atoms with E-state index >= 15 is 0 Å². The number of rotatable bonds is 6. The van der Waals surface area contributed by atoms with Gasteiger partial charge >= 0.3 is 0 Å². The number of hydrogen-bond acceptors (Lipinski definition) is 4. The number of aromatic nitrogens is 2. The highest BCUT2D eigenvalue weighted by Crippen LogP contribution is 2.17. The third kappa shape index (κ3) is 3.81. The van der Waals surface area contributed by atoms with Crippen molar-refractivity contribution in [2.75, 3.05) is 18.5 Å². The lowest BCUT2D eigenvalue weighted by atomic mass is 10.3. The fourth-order valence-electron chi connectivity index (χ4n) is 1.40. The first-order valence-electron chi connectivity index (χ1n) is 5.70. The van der Waals surface area contributed by atoms with Gasteiger partial charge in [0.1, 0.15) is 4.47 Å². The summed E-state index contributed by atoms with van der Waals surface area (Å²) in [4.78, 5) is 11.9. The largest absolute Gasteiger partial charge is 0.396 e. The van der Waals surface area contributed by atoms with Gasteiger partial charge in [-0.15, -0.1) is 0 Å². The Hall–Kier alpha value is -0.880. The number of halogens is 1. The standard InChI is InChI=1S/C11H18BrN3O2/c1-8(2)15-11(17)10(12)9(7-14-15)13-5-3-4-6-16/h7-8,13,16H,3-6H2,1-2H3. The van der Waals surface area contributed by atoms with E-state index in [0.717, 1.165) is 12.8 Å². The van der Waals surface area contributed by atoms with Crippen molar-refractivity contribution >= 4 is 21.6 Å². The molecule has 6 heteroatoms. The molecule has 1 aromatic rings. The molecule has 0 aliphatic carbocycles. The molecule has 0 fully saturated rings. The van der Waals surface area contributed by atoms with Gasteiger partial charge in [0.2, 0.25) is 0 Å². The molecule has 0 radical (unpaired) electrons. The van der Waals surface area contributed by atoms with E-state index in [1.54, 1.807) is 6.20 Å². The quantitative estimate of drug-likeness (QED) is 0.786. The molecule has 0 saturated carbocycles. The van der Waals surface area contributed by atoms with Crippen molar-refractivity contribution in [3.8, 4) is 0 Å². The zero-order valence-corrected chi connectivity index (χ0v) is 11.7. The molecule has 17 heavy (non-hydrogen) atoms. The van der Waals surface area contributed by atoms with E-state index in [9.17, 15) is 4.79 Å². The highest BCUT2D eigenvalue weighted by atomic mass is 79.9. The minimum Gasteiger partial charge on any atom is -0.396 e. The van der Waals surface area contributed by atoms with Gasteiger partial charge in [0, 0.05) is 13.2 Å². The Labute approximate surface area is 109 Å². The number of aliphatic hydroxyl groups is 1. The van der Waals surface area contributed by atoms with E-state index in [1.165, 1.54) is 4.68 Å². The SMILES string of the molecule is CC(C)n1ncc(NCCCCO)c(Br)c1=O. The van der Waals surface area contributed by atoms with Crippen LogP contribution in [0.1, 0.15) is 32.7 Å². The van der Waals surface area contributed by atoms with Crippen molar-refractivity contribution in [2.24, 2.45) is 0 Å². The third-order valence-corrected chi connectivity index (χ3v) is 3.10. The topological polar surface area (TPSA) is 67.2 Å². The van der Waals surface area contributed by atoms with Crippen LogP contribution in [0.4, 0.5) is 5.69 Å². The van der Waals surface area contributed by atoms with Crippen molar-refractivity contribution in [1.29, 1.82) is 0 Å². The summed E-state index contributed by atoms with van der Waals surface area (Å²) in [7, 11) is 0. The van der Waals surface area contributed by atoms with Crippen LogP contribution in [-0.2, 0) is 0 Å². The van der Waals surface area contributed by atoms with Gasteiger partial charge in [-0.25, -0.2) is 4.68 Å². The Bertz CT molecular complexity index is 418. The lowest BCUT2D eigenvalue weighted by Crippen LogP contribution is -2.26. The molecule has 96 valence electrons. The van der Waals surface area contributed by atoms with Gasteiger partial charge in [-0.1, -0.05) is 0 Å². The predicted octanol–water partition coefficient (Wildman–Crippen LogP) is 1.77. The van der Waals surface area contributed by atoms with E-state index in [-0.39, 0.29) is 18.2 Å². The second-order valence-corrected chi connectivity index (χ2v) is 4.87. The second-order valence-electron chi connectivity index (χ2n) is 4.07. The van der Waals surface area contributed by atoms with Crippen LogP contribution in [0.2, 0.25) is 0 Å². The van der Waals surface area contributed by atoms with Crippen LogP contribution in [0.15, 0.2) is 15.5 Å². The number of nitrogens with zero attached hydrogens (tertiary/aromatic N) is 2. The number of unbranched alkanes of at least 4 members (excludes halogenated alkanes) is 1. The molecule has 0 spiro atoms. The lowest BCUT2D eigenvalue weighted by molar-refractivity contribution is 0.286. The summed E-state index contributed by atoms with van der Waals surface area (Å²) >= 11 is 3.28. The van der Waals surface area contributed by atoms with Gasteiger partial charge < -0.3 is 10.4 Å². The van der Waals surface area contributed by atoms with E-state index in [0.29, 0.717) is 16.7 Å². The number of anilines is 1. The highest BCUT2D eigenvalue weighted by molar-refractivity contribution is 9.10. The van der Waals surface area contributed by atoms with Crippen LogP contribution in [-0.4, -0.2) is 28.0 Å². The number of aliphatic hydroxyl groups excluding tert-OH is 1. The van der Waals surface area contributed by atoms with Crippen molar-refractivity contribution in [2.45, 2.75) is 32.7 Å². The van der Waals surface area contributed by atoms with Crippen molar-refractivity contribution in [1.82, 2.24) is 9.78 Å². The monoisotopic (exact) mass is 303 g/mol. The molecule has 0 unspecified atom stereocenters. The molecule has 0 aliphatic heterocycles. The van der Waals surface area contributed by atoms with E-state index in [2.05, 4.69) is 26.3 Å². The van der Waals surface area contributed by atoms with Gasteiger partial charge in [0.15, 0.2) is 0 Å². The molecule has 2 N–H and O–H groups in total. The maximum Gasteiger partial charge on any atom is 0.283 e. The smallest absolute Gasteiger partial charge is 0.283 e. The Morgan fingerprint density at radius 3 is 2.82 bits per heavy atom. The molecule has 0 amide bonds. The first kappa shape index (κ1) is 14.2. The molecule has 5 nitrogen and oxygen atoms in total. The summed E-state index contributed by atoms with van der Waals surface area (Å²) < 4.78 is 1.94. The molecule has 0 aliphatic rings. The first-order valence-corrected chi connectivity index (χ1v) is 6.49. The third-order valence-electron chi connectivity index (χ3n) is 2.33. The second kappa shape index (κ2) is 6.76. The van der Waals surface area contributed by atoms with Crippen LogP contribution in [0.5, 0.6) is 0 Å². The summed E-state index contributed by atoms with van der Waals surface area (Å²) in [5, 5.41) is 15.9. The summed E-state index contributed by atoms with van der Waals surface area (Å²) in [6, 6.07) is 0.0437. The van der Waals surface area contributed by atoms with E-state index in [4.69, 9.17) is 5.11 Å². The zero-order chi connectivity index (χ0) is 12.8. The highest BCUT2D eigenvalue weighted by Gasteiger charge is 2.10. The maximum absolute atomic E-state index is 11.9. The van der Waals surface area contributed by atoms with Gasteiger partial charge in [0.05, 0.1) is 17.9 Å². The van der Waals surface area contributed by atoms with E-state index in [1.807, 2.05) is 13.8 Å². The summed E-state index contributed by atoms with van der Waals surface area (Å²) in [6.07, 6.45) is 3.25. The van der Waals surface area contributed by atoms with Crippen LogP contribution < -0.4 is 10.9 Å². The van der Waals surface area contributed by atoms with Crippen molar-refractivity contribution < 1.29 is 5.11 Å². The Kier molecular flexibility index (Phi) is 5.64. The van der Waals surface area contributed by atoms with Crippen LogP contribution in [0, 0.1) is 0 Å². The molecular weight excluding hydrogens is 286 g/mol. The van der Waals surface area contributed by atoms with Crippen molar-refractivity contribution in [3.63, 3.8) is 0 Å². The zero-order valence-electron chi connectivity index (χ0n) is 10.1. The van der Waals surface area contributed by atoms with Gasteiger partial charge in [-0.3, -0.25) is 4.79 Å². The average Bonchev–Trinajstić information content (AvgIpc) is 2.29. The van der Waals surface area contributed by atoms with E-state index < -0.39 is 0 Å². The lowest BCUT2D eigenvalue weighted by Gasteiger charge is -2.12. The molecular formula is C11H18BrN3O2. The minimum atomic E-state index is -0.132.